The van der Waals surface area contributed by atoms with Crippen molar-refractivity contribution in [3.05, 3.63) is 0 Å². The van der Waals surface area contributed by atoms with Crippen molar-refractivity contribution in [2.24, 2.45) is 5.73 Å². The lowest BCUT2D eigenvalue weighted by Crippen LogP contribution is -2.47. The maximum atomic E-state index is 11.3. The van der Waals surface area contributed by atoms with E-state index in [1.165, 1.54) is 0 Å². The predicted molar refractivity (Wildman–Crippen MR) is 70.4 cm³/mol. The predicted octanol–water partition coefficient (Wildman–Crippen LogP) is 0.676. The van der Waals surface area contributed by atoms with Gasteiger partial charge in [-0.1, -0.05) is 26.7 Å². The van der Waals surface area contributed by atoms with E-state index in [1.54, 1.807) is 13.8 Å². The van der Waals surface area contributed by atoms with E-state index >= 15 is 0 Å². The summed E-state index contributed by atoms with van der Waals surface area (Å²) < 4.78 is 22.6. The first-order chi connectivity index (χ1) is 8.33. The van der Waals surface area contributed by atoms with Crippen LogP contribution in [-0.2, 0) is 9.13 Å². The second-order valence-corrected chi connectivity index (χ2v) is 8.91. The van der Waals surface area contributed by atoms with Gasteiger partial charge < -0.3 is 30.4 Å². The Morgan fingerprint density at radius 3 is 1.47 bits per heavy atom. The molecule has 0 aliphatic carbocycles. The lowest BCUT2D eigenvalue weighted by Gasteiger charge is -2.38. The Hall–Kier alpha value is 0.220. The topological polar surface area (TPSA) is 161 Å². The van der Waals surface area contributed by atoms with Crippen LogP contribution in [0.1, 0.15) is 46.0 Å². The Morgan fingerprint density at radius 2 is 1.26 bits per heavy atom. The molecular formula is C9H23NO7P2. The number of aliphatic hydroxyl groups is 1. The average molecular weight is 319 g/mol. The highest BCUT2D eigenvalue weighted by Gasteiger charge is 2.61. The van der Waals surface area contributed by atoms with Crippen molar-refractivity contribution in [1.29, 1.82) is 0 Å². The molecule has 0 atom stereocenters. The van der Waals surface area contributed by atoms with E-state index in [9.17, 15) is 14.2 Å². The molecule has 0 fully saturated rings. The zero-order valence-electron chi connectivity index (χ0n) is 11.1. The van der Waals surface area contributed by atoms with Crippen molar-refractivity contribution in [1.82, 2.24) is 0 Å². The fraction of sp³-hybridized carbons (Fsp3) is 1.00. The summed E-state index contributed by atoms with van der Waals surface area (Å²) in [4.78, 5) is 36.3. The van der Waals surface area contributed by atoms with E-state index in [4.69, 9.17) is 25.3 Å². The van der Waals surface area contributed by atoms with Crippen LogP contribution in [0.15, 0.2) is 0 Å². The molecule has 10 heteroatoms. The van der Waals surface area contributed by atoms with Gasteiger partial charge in [-0.2, -0.15) is 0 Å². The van der Waals surface area contributed by atoms with Crippen LogP contribution < -0.4 is 5.73 Å². The standard InChI is InChI=1S/C9H23NO7P2/c1-3-5-8(10,6-4-2)7-9(11,18(12,13)14)19(15,16)17/h11H,3-7,10H2,1-2H3,(H2,12,13,14)(H2,15,16,17). The molecule has 0 heterocycles. The van der Waals surface area contributed by atoms with Crippen LogP contribution >= 0.6 is 15.2 Å². The van der Waals surface area contributed by atoms with Crippen molar-refractivity contribution < 1.29 is 33.8 Å². The van der Waals surface area contributed by atoms with E-state index in [1.807, 2.05) is 0 Å². The largest absolute Gasteiger partial charge is 0.369 e. The number of hydrogen-bond acceptors (Lipinski definition) is 4. The second kappa shape index (κ2) is 6.33. The smallest absolute Gasteiger partial charge is 0.367 e. The minimum atomic E-state index is -5.44. The monoisotopic (exact) mass is 319 g/mol. The summed E-state index contributed by atoms with van der Waals surface area (Å²) >= 11 is 0. The zero-order chi connectivity index (χ0) is 15.5. The van der Waals surface area contributed by atoms with Gasteiger partial charge in [0.2, 0.25) is 0 Å². The first-order valence-corrected chi connectivity index (χ1v) is 9.18. The van der Waals surface area contributed by atoms with Gasteiger partial charge in [0.1, 0.15) is 0 Å². The molecule has 0 bridgehead atoms. The third kappa shape index (κ3) is 4.62. The van der Waals surface area contributed by atoms with Gasteiger partial charge in [-0.25, -0.2) is 0 Å². The summed E-state index contributed by atoms with van der Waals surface area (Å²) in [5.74, 6) is 0. The maximum absolute atomic E-state index is 11.3. The van der Waals surface area contributed by atoms with Crippen LogP contribution in [0.2, 0.25) is 0 Å². The molecule has 0 aliphatic heterocycles. The number of hydrogen-bond donors (Lipinski definition) is 6. The maximum Gasteiger partial charge on any atom is 0.369 e. The van der Waals surface area contributed by atoms with Gasteiger partial charge in [0.25, 0.3) is 5.08 Å². The number of rotatable bonds is 8. The van der Waals surface area contributed by atoms with E-state index < -0.39 is 32.2 Å². The number of nitrogens with two attached hydrogens (primary N) is 1. The fourth-order valence-electron chi connectivity index (χ4n) is 2.15. The molecule has 0 unspecified atom stereocenters. The third-order valence-corrected chi connectivity index (χ3v) is 6.76. The Kier molecular flexibility index (Phi) is 6.40. The van der Waals surface area contributed by atoms with Crippen LogP contribution in [0.25, 0.3) is 0 Å². The molecule has 0 rings (SSSR count). The van der Waals surface area contributed by atoms with Crippen molar-refractivity contribution >= 4 is 15.2 Å². The van der Waals surface area contributed by atoms with Gasteiger partial charge in [0.15, 0.2) is 0 Å². The van der Waals surface area contributed by atoms with Gasteiger partial charge in [0, 0.05) is 12.0 Å². The Bertz CT molecular complexity index is 360. The SMILES string of the molecule is CCCC(N)(CCC)CC(O)(P(=O)(O)O)P(=O)(O)O. The normalized spacial score (nSPS) is 14.7. The summed E-state index contributed by atoms with van der Waals surface area (Å²) in [7, 11) is -10.9. The lowest BCUT2D eigenvalue weighted by molar-refractivity contribution is 0.0934. The molecule has 0 saturated carbocycles. The fourth-order valence-corrected chi connectivity index (χ4v) is 4.54. The molecule has 0 saturated heterocycles. The van der Waals surface area contributed by atoms with E-state index in [-0.39, 0.29) is 0 Å². The molecule has 0 amide bonds. The highest BCUT2D eigenvalue weighted by molar-refractivity contribution is 7.72. The molecule has 0 spiro atoms. The minimum Gasteiger partial charge on any atom is -0.367 e. The highest BCUT2D eigenvalue weighted by Crippen LogP contribution is 2.70. The molecule has 8 nitrogen and oxygen atoms in total. The average Bonchev–Trinajstić information content (AvgIpc) is 2.14. The first kappa shape index (κ1) is 19.2. The van der Waals surface area contributed by atoms with Gasteiger partial charge in [-0.3, -0.25) is 9.13 Å². The summed E-state index contributed by atoms with van der Waals surface area (Å²) in [5, 5.41) is 6.44. The summed E-state index contributed by atoms with van der Waals surface area (Å²) in [5.41, 5.74) is 4.72. The van der Waals surface area contributed by atoms with Crippen molar-refractivity contribution in [2.75, 3.05) is 0 Å². The Labute approximate surface area is 112 Å². The molecule has 0 aromatic carbocycles. The van der Waals surface area contributed by atoms with Crippen LogP contribution in [0, 0.1) is 0 Å². The second-order valence-electron chi connectivity index (χ2n) is 4.90. The van der Waals surface area contributed by atoms with E-state index in [0.717, 1.165) is 0 Å². The molecule has 7 N–H and O–H groups in total. The van der Waals surface area contributed by atoms with E-state index in [2.05, 4.69) is 0 Å². The quantitative estimate of drug-likeness (QED) is 0.356. The molecule has 19 heavy (non-hydrogen) atoms. The highest BCUT2D eigenvalue weighted by atomic mass is 31.2. The molecule has 0 aromatic heterocycles. The van der Waals surface area contributed by atoms with Gasteiger partial charge in [-0.05, 0) is 12.8 Å². The molecule has 0 radical (unpaired) electrons. The third-order valence-electron chi connectivity index (χ3n) is 3.02. The lowest BCUT2D eigenvalue weighted by atomic mass is 9.86. The van der Waals surface area contributed by atoms with Gasteiger partial charge >= 0.3 is 15.2 Å². The van der Waals surface area contributed by atoms with Gasteiger partial charge in [0.05, 0.1) is 0 Å². The van der Waals surface area contributed by atoms with Crippen molar-refractivity contribution in [2.45, 2.75) is 56.6 Å². The molecular weight excluding hydrogens is 296 g/mol. The molecule has 0 aromatic rings. The van der Waals surface area contributed by atoms with Crippen molar-refractivity contribution in [3.63, 3.8) is 0 Å². The summed E-state index contributed by atoms with van der Waals surface area (Å²) in [6.07, 6.45) is 0.867. The van der Waals surface area contributed by atoms with Crippen LogP contribution in [-0.4, -0.2) is 35.3 Å². The van der Waals surface area contributed by atoms with Crippen molar-refractivity contribution in [3.8, 4) is 0 Å². The molecule has 116 valence electrons. The Morgan fingerprint density at radius 1 is 0.947 bits per heavy atom. The van der Waals surface area contributed by atoms with Gasteiger partial charge in [-0.15, -0.1) is 0 Å². The minimum absolute atomic E-state index is 0.295. The first-order valence-electron chi connectivity index (χ1n) is 5.95. The molecule has 0 aliphatic rings. The zero-order valence-corrected chi connectivity index (χ0v) is 12.8. The van der Waals surface area contributed by atoms with Crippen LogP contribution in [0.3, 0.4) is 0 Å². The Balaban J connectivity index is 5.57. The summed E-state index contributed by atoms with van der Waals surface area (Å²) in [6.45, 7) is 3.57. The van der Waals surface area contributed by atoms with E-state index in [0.29, 0.717) is 25.7 Å². The summed E-state index contributed by atoms with van der Waals surface area (Å²) in [6, 6.07) is 0. The van der Waals surface area contributed by atoms with Crippen LogP contribution in [0.4, 0.5) is 0 Å². The van der Waals surface area contributed by atoms with Crippen LogP contribution in [0.5, 0.6) is 0 Å².